The zero-order valence-corrected chi connectivity index (χ0v) is 12.5. The molecule has 0 amide bonds. The van der Waals surface area contributed by atoms with Gasteiger partial charge in [-0.2, -0.15) is 10.3 Å². The molecule has 2 heterocycles. The van der Waals surface area contributed by atoms with Crippen LogP contribution < -0.4 is 15.6 Å². The SMILES string of the molecule is N#CN=C1CN(O)c2cc([N+](=O)[O-])c(-n3ccc(=O)cc3)cc2N1O. The number of nitriles is 1. The van der Waals surface area contributed by atoms with Crippen LogP contribution in [0.25, 0.3) is 5.69 Å². The van der Waals surface area contributed by atoms with Gasteiger partial charge in [0, 0.05) is 30.6 Å². The Morgan fingerprint density at radius 1 is 1.20 bits per heavy atom. The zero-order chi connectivity index (χ0) is 18.1. The number of hydrogen-bond acceptors (Lipinski definition) is 8. The molecule has 2 N–H and O–H groups in total. The van der Waals surface area contributed by atoms with Crippen LogP contribution in [0.5, 0.6) is 0 Å². The van der Waals surface area contributed by atoms with Crippen LogP contribution in [0.15, 0.2) is 46.4 Å². The van der Waals surface area contributed by atoms with Crippen molar-refractivity contribution < 1.29 is 15.3 Å². The summed E-state index contributed by atoms with van der Waals surface area (Å²) in [5.41, 5.74) is -0.617. The standard InChI is InChI=1S/C14H10N6O5/c15-8-16-14-7-18(22)11-6-13(20(24)25)10(5-12(11)19(14)23)17-3-1-9(21)2-4-17/h1-6,22-23H,7H2. The summed E-state index contributed by atoms with van der Waals surface area (Å²) in [4.78, 5) is 25.4. The summed E-state index contributed by atoms with van der Waals surface area (Å²) in [5.74, 6) is -0.155. The lowest BCUT2D eigenvalue weighted by Gasteiger charge is -2.32. The van der Waals surface area contributed by atoms with Crippen molar-refractivity contribution in [2.45, 2.75) is 0 Å². The lowest BCUT2D eigenvalue weighted by Crippen LogP contribution is -2.43. The first kappa shape index (κ1) is 16.1. The molecule has 0 atom stereocenters. The van der Waals surface area contributed by atoms with Gasteiger partial charge in [0.1, 0.15) is 12.2 Å². The predicted octanol–water partition coefficient (Wildman–Crippen LogP) is 1.03. The summed E-state index contributed by atoms with van der Waals surface area (Å²) in [6.07, 6.45) is 4.17. The van der Waals surface area contributed by atoms with Crippen molar-refractivity contribution in [3.05, 3.63) is 57.0 Å². The van der Waals surface area contributed by atoms with Crippen molar-refractivity contribution in [2.24, 2.45) is 4.99 Å². The molecule has 11 nitrogen and oxygen atoms in total. The van der Waals surface area contributed by atoms with E-state index in [0.717, 1.165) is 6.07 Å². The zero-order valence-electron chi connectivity index (χ0n) is 12.5. The van der Waals surface area contributed by atoms with E-state index in [9.17, 15) is 25.3 Å². The average Bonchev–Trinajstić information content (AvgIpc) is 2.59. The number of pyridine rings is 1. The van der Waals surface area contributed by atoms with Gasteiger partial charge in [-0.15, -0.1) is 0 Å². The summed E-state index contributed by atoms with van der Waals surface area (Å²) in [6, 6.07) is 4.77. The third-order valence-electron chi connectivity index (χ3n) is 3.57. The Bertz CT molecular complexity index is 972. The molecule has 1 aliphatic heterocycles. The highest BCUT2D eigenvalue weighted by Crippen LogP contribution is 2.39. The molecule has 0 saturated carbocycles. The lowest BCUT2D eigenvalue weighted by molar-refractivity contribution is -0.384. The van der Waals surface area contributed by atoms with Gasteiger partial charge in [-0.05, 0) is 6.07 Å². The Labute approximate surface area is 139 Å². The van der Waals surface area contributed by atoms with Crippen molar-refractivity contribution in [1.29, 1.82) is 5.26 Å². The number of nitro benzene ring substituents is 1. The molecule has 1 aliphatic rings. The molecule has 126 valence electrons. The minimum atomic E-state index is -0.651. The Morgan fingerprint density at radius 2 is 1.88 bits per heavy atom. The van der Waals surface area contributed by atoms with E-state index in [4.69, 9.17) is 5.26 Å². The first-order valence-corrected chi connectivity index (χ1v) is 6.84. The molecule has 0 saturated heterocycles. The van der Waals surface area contributed by atoms with Gasteiger partial charge in [0.2, 0.25) is 6.19 Å². The monoisotopic (exact) mass is 342 g/mol. The maximum atomic E-state index is 11.4. The first-order chi connectivity index (χ1) is 11.9. The Balaban J connectivity index is 2.25. The van der Waals surface area contributed by atoms with Gasteiger partial charge in [-0.25, -0.2) is 10.1 Å². The van der Waals surface area contributed by atoms with E-state index < -0.39 is 4.92 Å². The molecule has 11 heteroatoms. The van der Waals surface area contributed by atoms with Crippen LogP contribution in [-0.4, -0.2) is 32.3 Å². The molecule has 25 heavy (non-hydrogen) atoms. The van der Waals surface area contributed by atoms with Crippen molar-refractivity contribution in [3.63, 3.8) is 0 Å². The van der Waals surface area contributed by atoms with E-state index in [-0.39, 0.29) is 40.6 Å². The molecular formula is C14H10N6O5. The average molecular weight is 342 g/mol. The molecule has 2 aromatic rings. The molecule has 0 fully saturated rings. The number of aliphatic imine (C=N–C) groups is 1. The van der Waals surface area contributed by atoms with Gasteiger partial charge in [0.25, 0.3) is 5.69 Å². The van der Waals surface area contributed by atoms with Crippen LogP contribution in [0.2, 0.25) is 0 Å². The van der Waals surface area contributed by atoms with E-state index in [2.05, 4.69) is 4.99 Å². The highest BCUT2D eigenvalue weighted by atomic mass is 16.6. The normalized spacial score (nSPS) is 15.0. The second-order valence-electron chi connectivity index (χ2n) is 5.03. The predicted molar refractivity (Wildman–Crippen MR) is 85.1 cm³/mol. The van der Waals surface area contributed by atoms with Gasteiger partial charge in [-0.1, -0.05) is 0 Å². The molecule has 0 unspecified atom stereocenters. The molecule has 1 aromatic heterocycles. The summed E-state index contributed by atoms with van der Waals surface area (Å²) in [6.45, 7) is -0.328. The molecule has 0 aliphatic carbocycles. The number of nitro groups is 1. The van der Waals surface area contributed by atoms with Gasteiger partial charge in [0.05, 0.1) is 16.3 Å². The minimum absolute atomic E-state index is 0.0120. The maximum absolute atomic E-state index is 11.4. The van der Waals surface area contributed by atoms with Gasteiger partial charge < -0.3 is 4.57 Å². The van der Waals surface area contributed by atoms with Crippen molar-refractivity contribution in [2.75, 3.05) is 16.7 Å². The molecular weight excluding hydrogens is 332 g/mol. The molecule has 0 bridgehead atoms. The van der Waals surface area contributed by atoms with Gasteiger partial charge in [0.15, 0.2) is 11.3 Å². The van der Waals surface area contributed by atoms with Crippen LogP contribution in [0.4, 0.5) is 17.1 Å². The van der Waals surface area contributed by atoms with Gasteiger partial charge >= 0.3 is 0 Å². The topological polar surface area (TPSA) is 148 Å². The van der Waals surface area contributed by atoms with Crippen molar-refractivity contribution >= 4 is 22.9 Å². The van der Waals surface area contributed by atoms with Crippen LogP contribution in [0, 0.1) is 21.6 Å². The quantitative estimate of drug-likeness (QED) is 0.467. The van der Waals surface area contributed by atoms with E-state index >= 15 is 0 Å². The number of anilines is 2. The summed E-state index contributed by atoms with van der Waals surface area (Å²) in [5, 5.41) is 41.5. The Morgan fingerprint density at radius 3 is 2.48 bits per heavy atom. The van der Waals surface area contributed by atoms with Gasteiger partial charge in [-0.3, -0.25) is 25.3 Å². The number of rotatable bonds is 2. The number of aromatic nitrogens is 1. The Hall–Kier alpha value is -3.75. The fourth-order valence-corrected chi connectivity index (χ4v) is 2.42. The number of nitrogens with zero attached hydrogens (tertiary/aromatic N) is 6. The van der Waals surface area contributed by atoms with E-state index in [0.29, 0.717) is 10.1 Å². The van der Waals surface area contributed by atoms with Crippen LogP contribution >= 0.6 is 0 Å². The third kappa shape index (κ3) is 2.78. The van der Waals surface area contributed by atoms with Crippen LogP contribution in [-0.2, 0) is 0 Å². The summed E-state index contributed by atoms with van der Waals surface area (Å²) < 4.78 is 1.32. The lowest BCUT2D eigenvalue weighted by atomic mass is 10.1. The molecule has 1 aromatic carbocycles. The number of hydrogen-bond donors (Lipinski definition) is 2. The minimum Gasteiger partial charge on any atom is -0.318 e. The van der Waals surface area contributed by atoms with Crippen LogP contribution in [0.3, 0.4) is 0 Å². The molecule has 3 rings (SSSR count). The fourth-order valence-electron chi connectivity index (χ4n) is 2.42. The number of benzene rings is 1. The van der Waals surface area contributed by atoms with E-state index in [1.54, 1.807) is 0 Å². The summed E-state index contributed by atoms with van der Waals surface area (Å²) in [7, 11) is 0. The number of amidine groups is 1. The Kier molecular flexibility index (Phi) is 3.89. The molecule has 0 spiro atoms. The second kappa shape index (κ2) is 6.04. The maximum Gasteiger partial charge on any atom is 0.295 e. The highest BCUT2D eigenvalue weighted by Gasteiger charge is 2.31. The molecule has 0 radical (unpaired) electrons. The number of hydroxylamine groups is 2. The van der Waals surface area contributed by atoms with E-state index in [1.807, 2.05) is 0 Å². The third-order valence-corrected chi connectivity index (χ3v) is 3.57. The fraction of sp³-hybridized carbons (Fsp3) is 0.0714. The highest BCUT2D eigenvalue weighted by molar-refractivity contribution is 6.05. The van der Waals surface area contributed by atoms with Crippen molar-refractivity contribution in [3.8, 4) is 11.9 Å². The van der Waals surface area contributed by atoms with Crippen LogP contribution in [0.1, 0.15) is 0 Å². The van der Waals surface area contributed by atoms with E-state index in [1.165, 1.54) is 41.4 Å². The van der Waals surface area contributed by atoms with Crippen molar-refractivity contribution in [1.82, 2.24) is 4.57 Å². The number of fused-ring (bicyclic) bond motifs is 1. The summed E-state index contributed by atoms with van der Waals surface area (Å²) >= 11 is 0. The largest absolute Gasteiger partial charge is 0.318 e. The first-order valence-electron chi connectivity index (χ1n) is 6.84. The smallest absolute Gasteiger partial charge is 0.295 e. The second-order valence-corrected chi connectivity index (χ2v) is 5.03.